The van der Waals surface area contributed by atoms with Crippen molar-refractivity contribution in [2.24, 2.45) is 0 Å². The monoisotopic (exact) mass is 350 g/mol. The second-order valence-electron chi connectivity index (χ2n) is 5.48. The van der Waals surface area contributed by atoms with Crippen molar-refractivity contribution < 1.29 is 18.1 Å². The van der Waals surface area contributed by atoms with Crippen LogP contribution in [0.2, 0.25) is 0 Å². The SMILES string of the molecule is COc1ccc(S(=O)(=O)Nc2cccc(C(C)C)c2)cc1[N+](=O)[O-]. The second kappa shape index (κ2) is 6.88. The topological polar surface area (TPSA) is 98.5 Å². The Kier molecular flexibility index (Phi) is 5.08. The number of nitro benzene ring substituents is 1. The number of benzene rings is 2. The molecule has 0 radical (unpaired) electrons. The molecular formula is C16H18N2O5S. The molecule has 0 fully saturated rings. The largest absolute Gasteiger partial charge is 0.490 e. The Morgan fingerprint density at radius 2 is 1.88 bits per heavy atom. The van der Waals surface area contributed by atoms with Gasteiger partial charge in [-0.2, -0.15) is 0 Å². The van der Waals surface area contributed by atoms with E-state index in [-0.39, 0.29) is 16.6 Å². The van der Waals surface area contributed by atoms with Gasteiger partial charge in [0, 0.05) is 11.8 Å². The second-order valence-corrected chi connectivity index (χ2v) is 7.16. The molecule has 0 aromatic heterocycles. The fraction of sp³-hybridized carbons (Fsp3) is 0.250. The van der Waals surface area contributed by atoms with Crippen molar-refractivity contribution >= 4 is 21.4 Å². The fourth-order valence-electron chi connectivity index (χ4n) is 2.15. The molecule has 2 rings (SSSR count). The minimum Gasteiger partial charge on any atom is -0.490 e. The van der Waals surface area contributed by atoms with Gasteiger partial charge in [0.05, 0.1) is 16.9 Å². The van der Waals surface area contributed by atoms with Crippen molar-refractivity contribution in [1.82, 2.24) is 0 Å². The summed E-state index contributed by atoms with van der Waals surface area (Å²) in [6.07, 6.45) is 0. The Morgan fingerprint density at radius 1 is 1.17 bits per heavy atom. The first-order chi connectivity index (χ1) is 11.2. The Balaban J connectivity index is 2.39. The maximum atomic E-state index is 12.5. The summed E-state index contributed by atoms with van der Waals surface area (Å²) < 4.78 is 32.3. The van der Waals surface area contributed by atoms with Gasteiger partial charge in [-0.15, -0.1) is 0 Å². The van der Waals surface area contributed by atoms with Gasteiger partial charge in [0.25, 0.3) is 10.0 Å². The van der Waals surface area contributed by atoms with Crippen molar-refractivity contribution in [3.8, 4) is 5.75 Å². The van der Waals surface area contributed by atoms with Gasteiger partial charge < -0.3 is 4.74 Å². The zero-order chi connectivity index (χ0) is 17.9. The molecule has 2 aromatic carbocycles. The molecule has 0 unspecified atom stereocenters. The maximum Gasteiger partial charge on any atom is 0.312 e. The van der Waals surface area contributed by atoms with E-state index in [0.717, 1.165) is 11.6 Å². The minimum absolute atomic E-state index is 0.000699. The average molecular weight is 350 g/mol. The third-order valence-corrected chi connectivity index (χ3v) is 4.84. The van der Waals surface area contributed by atoms with Gasteiger partial charge in [-0.05, 0) is 35.7 Å². The average Bonchev–Trinajstić information content (AvgIpc) is 2.53. The third-order valence-electron chi connectivity index (χ3n) is 3.46. The van der Waals surface area contributed by atoms with Crippen molar-refractivity contribution in [3.05, 3.63) is 58.1 Å². The molecule has 0 heterocycles. The van der Waals surface area contributed by atoms with Crippen LogP contribution in [0.25, 0.3) is 0 Å². The highest BCUT2D eigenvalue weighted by Gasteiger charge is 2.22. The summed E-state index contributed by atoms with van der Waals surface area (Å²) in [6, 6.07) is 10.5. The number of nitrogens with one attached hydrogen (secondary N) is 1. The standard InChI is InChI=1S/C16H18N2O5S/c1-11(2)12-5-4-6-13(9-12)17-24(21,22)14-7-8-16(23-3)15(10-14)18(19)20/h4-11,17H,1-3H3. The van der Waals surface area contributed by atoms with E-state index in [1.807, 2.05) is 19.9 Å². The number of methoxy groups -OCH3 is 1. The Labute approximate surface area is 140 Å². The molecule has 0 amide bonds. The number of anilines is 1. The van der Waals surface area contributed by atoms with Gasteiger partial charge in [0.15, 0.2) is 5.75 Å². The number of nitro groups is 1. The van der Waals surface area contributed by atoms with E-state index in [1.165, 1.54) is 19.2 Å². The van der Waals surface area contributed by atoms with Crippen molar-refractivity contribution in [1.29, 1.82) is 0 Å². The van der Waals surface area contributed by atoms with Crippen LogP contribution in [0.3, 0.4) is 0 Å². The molecule has 1 N–H and O–H groups in total. The first kappa shape index (κ1) is 17.7. The summed E-state index contributed by atoms with van der Waals surface area (Å²) in [6.45, 7) is 4.00. The first-order valence-electron chi connectivity index (χ1n) is 7.20. The minimum atomic E-state index is -3.95. The van der Waals surface area contributed by atoms with E-state index < -0.39 is 20.6 Å². The molecule has 0 aliphatic carbocycles. The first-order valence-corrected chi connectivity index (χ1v) is 8.68. The van der Waals surface area contributed by atoms with Crippen molar-refractivity contribution in [3.63, 3.8) is 0 Å². The molecule has 128 valence electrons. The molecule has 8 heteroatoms. The molecule has 24 heavy (non-hydrogen) atoms. The molecular weight excluding hydrogens is 332 g/mol. The van der Waals surface area contributed by atoms with Gasteiger partial charge in [-0.3, -0.25) is 14.8 Å². The zero-order valence-electron chi connectivity index (χ0n) is 13.5. The summed E-state index contributed by atoms with van der Waals surface area (Å²) in [4.78, 5) is 10.2. The third kappa shape index (κ3) is 3.83. The zero-order valence-corrected chi connectivity index (χ0v) is 14.3. The summed E-state index contributed by atoms with van der Waals surface area (Å²) >= 11 is 0. The summed E-state index contributed by atoms with van der Waals surface area (Å²) in [7, 11) is -2.66. The number of ether oxygens (including phenoxy) is 1. The number of nitrogens with zero attached hydrogens (tertiary/aromatic N) is 1. The quantitative estimate of drug-likeness (QED) is 0.635. The lowest BCUT2D eigenvalue weighted by molar-refractivity contribution is -0.386. The van der Waals surface area contributed by atoms with Gasteiger partial charge in [-0.25, -0.2) is 8.42 Å². The summed E-state index contributed by atoms with van der Waals surface area (Å²) in [5.74, 6) is 0.247. The molecule has 2 aromatic rings. The highest BCUT2D eigenvalue weighted by atomic mass is 32.2. The molecule has 0 spiro atoms. The van der Waals surface area contributed by atoms with Crippen molar-refractivity contribution in [2.45, 2.75) is 24.7 Å². The number of hydrogen-bond acceptors (Lipinski definition) is 5. The van der Waals surface area contributed by atoms with E-state index in [2.05, 4.69) is 4.72 Å². The van der Waals surface area contributed by atoms with Gasteiger partial charge in [-0.1, -0.05) is 26.0 Å². The van der Waals surface area contributed by atoms with Gasteiger partial charge >= 0.3 is 5.69 Å². The molecule has 0 saturated heterocycles. The highest BCUT2D eigenvalue weighted by molar-refractivity contribution is 7.92. The van der Waals surface area contributed by atoms with E-state index in [9.17, 15) is 18.5 Å². The lowest BCUT2D eigenvalue weighted by Gasteiger charge is -2.11. The number of sulfonamides is 1. The smallest absolute Gasteiger partial charge is 0.312 e. The van der Waals surface area contributed by atoms with E-state index in [1.54, 1.807) is 18.2 Å². The van der Waals surface area contributed by atoms with Gasteiger partial charge in [0.1, 0.15) is 0 Å². The van der Waals surface area contributed by atoms with Crippen LogP contribution in [0.4, 0.5) is 11.4 Å². The number of rotatable bonds is 6. The normalized spacial score (nSPS) is 11.3. The van der Waals surface area contributed by atoms with E-state index >= 15 is 0 Å². The predicted octanol–water partition coefficient (Wildman–Crippen LogP) is 3.53. The Bertz CT molecular complexity index is 863. The molecule has 0 atom stereocenters. The lowest BCUT2D eigenvalue weighted by atomic mass is 10.0. The molecule has 0 bridgehead atoms. The highest BCUT2D eigenvalue weighted by Crippen LogP contribution is 2.30. The molecule has 0 aliphatic heterocycles. The van der Waals surface area contributed by atoms with Crippen LogP contribution < -0.4 is 9.46 Å². The van der Waals surface area contributed by atoms with E-state index in [0.29, 0.717) is 5.69 Å². The molecule has 0 aliphatic rings. The van der Waals surface area contributed by atoms with Crippen molar-refractivity contribution in [2.75, 3.05) is 11.8 Å². The molecule has 7 nitrogen and oxygen atoms in total. The predicted molar refractivity (Wildman–Crippen MR) is 91.0 cm³/mol. The van der Waals surface area contributed by atoms with Crippen LogP contribution in [-0.4, -0.2) is 20.5 Å². The van der Waals surface area contributed by atoms with E-state index in [4.69, 9.17) is 4.74 Å². The van der Waals surface area contributed by atoms with Gasteiger partial charge in [0.2, 0.25) is 0 Å². The number of hydrogen-bond donors (Lipinski definition) is 1. The van der Waals surface area contributed by atoms with Crippen LogP contribution in [-0.2, 0) is 10.0 Å². The van der Waals surface area contributed by atoms with Crippen LogP contribution >= 0.6 is 0 Å². The Morgan fingerprint density at radius 3 is 2.46 bits per heavy atom. The van der Waals surface area contributed by atoms with Crippen LogP contribution in [0, 0.1) is 10.1 Å². The lowest BCUT2D eigenvalue weighted by Crippen LogP contribution is -2.13. The van der Waals surface area contributed by atoms with Crippen LogP contribution in [0.1, 0.15) is 25.3 Å². The van der Waals surface area contributed by atoms with Crippen LogP contribution in [0.5, 0.6) is 5.75 Å². The summed E-state index contributed by atoms with van der Waals surface area (Å²) in [5, 5.41) is 11.0. The van der Waals surface area contributed by atoms with Crippen LogP contribution in [0.15, 0.2) is 47.4 Å². The summed E-state index contributed by atoms with van der Waals surface area (Å²) in [5.41, 5.74) is 0.979. The maximum absolute atomic E-state index is 12.5. The Hall–Kier alpha value is -2.61. The molecule has 0 saturated carbocycles. The fourth-order valence-corrected chi connectivity index (χ4v) is 3.22.